The zero-order chi connectivity index (χ0) is 20.8. The van der Waals surface area contributed by atoms with Crippen molar-refractivity contribution in [1.29, 1.82) is 0 Å². The number of hydrogen-bond donors (Lipinski definition) is 2. The number of hydrogen-bond acceptors (Lipinski definition) is 3. The lowest BCUT2D eigenvalue weighted by atomic mass is 9.49. The van der Waals surface area contributed by atoms with E-state index >= 15 is 0 Å². The second-order valence-electron chi connectivity index (χ2n) is 10.3. The predicted molar refractivity (Wildman–Crippen MR) is 122 cm³/mol. The van der Waals surface area contributed by atoms with Crippen molar-refractivity contribution >= 4 is 11.7 Å². The highest BCUT2D eigenvalue weighted by Crippen LogP contribution is 2.61. The molecule has 0 atom stereocenters. The van der Waals surface area contributed by atoms with Crippen LogP contribution in [-0.4, -0.2) is 42.1 Å². The maximum atomic E-state index is 12.9. The molecule has 0 aliphatic heterocycles. The van der Waals surface area contributed by atoms with Gasteiger partial charge in [-0.1, -0.05) is 19.8 Å². The predicted octanol–water partition coefficient (Wildman–Crippen LogP) is 5.30. The number of amides is 2. The molecular weight excluding hydrogens is 372 g/mol. The van der Waals surface area contributed by atoms with Crippen LogP contribution in [-0.2, 0) is 0 Å². The third kappa shape index (κ3) is 5.47. The van der Waals surface area contributed by atoms with Crippen LogP contribution in [0.4, 0.5) is 10.5 Å². The molecule has 2 amide bonds. The fourth-order valence-corrected chi connectivity index (χ4v) is 6.79. The minimum absolute atomic E-state index is 0.118. The van der Waals surface area contributed by atoms with Crippen molar-refractivity contribution in [2.24, 2.45) is 23.2 Å². The van der Waals surface area contributed by atoms with Crippen LogP contribution in [0.2, 0.25) is 0 Å². The number of aromatic nitrogens is 1. The van der Waals surface area contributed by atoms with Crippen LogP contribution < -0.4 is 10.6 Å². The lowest BCUT2D eigenvalue weighted by Gasteiger charge is -2.57. The third-order valence-corrected chi connectivity index (χ3v) is 7.81. The Hall–Kier alpha value is -1.78. The molecule has 0 radical (unpaired) electrons. The monoisotopic (exact) mass is 412 g/mol. The summed E-state index contributed by atoms with van der Waals surface area (Å²) in [7, 11) is 0. The molecule has 0 spiro atoms. The Morgan fingerprint density at radius 1 is 1.03 bits per heavy atom. The van der Waals surface area contributed by atoms with Crippen LogP contribution in [0.15, 0.2) is 24.5 Å². The van der Waals surface area contributed by atoms with Gasteiger partial charge in [0, 0.05) is 44.3 Å². The number of nitrogens with one attached hydrogen (secondary N) is 2. The van der Waals surface area contributed by atoms with E-state index in [1.54, 1.807) is 12.4 Å². The molecule has 1 aromatic heterocycles. The van der Waals surface area contributed by atoms with Gasteiger partial charge in [-0.15, -0.1) is 0 Å². The summed E-state index contributed by atoms with van der Waals surface area (Å²) in [6, 6.07) is 4.02. The number of nitrogens with zero attached hydrogens (tertiary/aromatic N) is 2. The van der Waals surface area contributed by atoms with Gasteiger partial charge >= 0.3 is 6.03 Å². The molecule has 1 aromatic rings. The number of pyridine rings is 1. The van der Waals surface area contributed by atoms with Gasteiger partial charge in [0.15, 0.2) is 0 Å². The molecule has 4 saturated carbocycles. The van der Waals surface area contributed by atoms with E-state index in [1.807, 2.05) is 12.1 Å². The van der Waals surface area contributed by atoms with Crippen molar-refractivity contribution in [1.82, 2.24) is 15.2 Å². The Kier molecular flexibility index (Phi) is 7.16. The molecule has 4 fully saturated rings. The first-order chi connectivity index (χ1) is 14.7. The van der Waals surface area contributed by atoms with Gasteiger partial charge in [-0.3, -0.25) is 4.98 Å². The van der Waals surface area contributed by atoms with Gasteiger partial charge < -0.3 is 15.5 Å². The van der Waals surface area contributed by atoms with Gasteiger partial charge in [0.2, 0.25) is 0 Å². The van der Waals surface area contributed by atoms with Crippen LogP contribution in [0, 0.1) is 23.2 Å². The molecule has 0 aromatic carbocycles. The quantitative estimate of drug-likeness (QED) is 0.485. The van der Waals surface area contributed by atoms with E-state index in [2.05, 4.69) is 27.4 Å². The highest BCUT2D eigenvalue weighted by atomic mass is 16.2. The molecule has 4 aliphatic carbocycles. The molecule has 30 heavy (non-hydrogen) atoms. The van der Waals surface area contributed by atoms with Crippen LogP contribution in [0.25, 0.3) is 0 Å². The number of anilines is 1. The molecule has 5 rings (SSSR count). The first-order valence-corrected chi connectivity index (χ1v) is 12.3. The maximum Gasteiger partial charge on any atom is 0.317 e. The molecular formula is C25H40N4O. The zero-order valence-corrected chi connectivity index (χ0v) is 18.7. The maximum absolute atomic E-state index is 12.9. The number of carbonyl (C=O) groups is 1. The Bertz CT molecular complexity index is 642. The van der Waals surface area contributed by atoms with Gasteiger partial charge in [-0.2, -0.15) is 0 Å². The highest BCUT2D eigenvalue weighted by Gasteiger charge is 2.50. The minimum Gasteiger partial charge on any atom is -0.383 e. The van der Waals surface area contributed by atoms with Crippen molar-refractivity contribution in [3.63, 3.8) is 0 Å². The van der Waals surface area contributed by atoms with E-state index in [0.717, 1.165) is 49.5 Å². The Morgan fingerprint density at radius 2 is 1.70 bits per heavy atom. The SMILES string of the molecule is CCCCCN(CCC12CC3CC(CC(C3)C1)C2)C(=O)NCCNc1ccncc1. The molecule has 4 aliphatic rings. The fourth-order valence-electron chi connectivity index (χ4n) is 6.79. The van der Waals surface area contributed by atoms with Crippen molar-refractivity contribution in [3.8, 4) is 0 Å². The average Bonchev–Trinajstić information content (AvgIpc) is 2.73. The molecule has 166 valence electrons. The average molecular weight is 413 g/mol. The summed E-state index contributed by atoms with van der Waals surface area (Å²) in [5, 5.41) is 6.49. The van der Waals surface area contributed by atoms with Crippen molar-refractivity contribution in [2.45, 2.75) is 71.1 Å². The van der Waals surface area contributed by atoms with Crippen LogP contribution >= 0.6 is 0 Å². The minimum atomic E-state index is 0.118. The van der Waals surface area contributed by atoms with Gasteiger partial charge in [-0.25, -0.2) is 4.79 Å². The molecule has 4 bridgehead atoms. The number of rotatable bonds is 11. The third-order valence-electron chi connectivity index (χ3n) is 7.81. The molecule has 5 heteroatoms. The van der Waals surface area contributed by atoms with Crippen molar-refractivity contribution in [2.75, 3.05) is 31.5 Å². The summed E-state index contributed by atoms with van der Waals surface area (Å²) in [6.07, 6.45) is 17.0. The summed E-state index contributed by atoms with van der Waals surface area (Å²) in [5.41, 5.74) is 1.59. The van der Waals surface area contributed by atoms with E-state index in [1.165, 1.54) is 57.8 Å². The first kappa shape index (κ1) is 21.5. The van der Waals surface area contributed by atoms with Gasteiger partial charge in [0.25, 0.3) is 0 Å². The number of unbranched alkanes of at least 4 members (excludes halogenated alkanes) is 2. The molecule has 1 heterocycles. The Morgan fingerprint density at radius 3 is 2.33 bits per heavy atom. The Balaban J connectivity index is 1.26. The zero-order valence-electron chi connectivity index (χ0n) is 18.7. The van der Waals surface area contributed by atoms with Gasteiger partial charge in [0.1, 0.15) is 0 Å². The summed E-state index contributed by atoms with van der Waals surface area (Å²) in [4.78, 5) is 19.1. The van der Waals surface area contributed by atoms with E-state index < -0.39 is 0 Å². The van der Waals surface area contributed by atoms with Crippen molar-refractivity contribution in [3.05, 3.63) is 24.5 Å². The number of carbonyl (C=O) groups excluding carboxylic acids is 1. The standard InChI is InChI=1S/C25H40N4O/c1-2-3-4-12-29(24(30)28-11-10-27-23-5-8-26-9-6-23)13-7-25-17-20-14-21(18-25)16-22(15-20)19-25/h5-6,8-9,20-22H,2-4,7,10-19H2,1H3,(H,26,27)(H,28,30). The van der Waals surface area contributed by atoms with E-state index in [-0.39, 0.29) is 6.03 Å². The summed E-state index contributed by atoms with van der Waals surface area (Å²) in [6.45, 7) is 5.42. The van der Waals surface area contributed by atoms with Crippen LogP contribution in [0.1, 0.15) is 71.1 Å². The summed E-state index contributed by atoms with van der Waals surface area (Å²) < 4.78 is 0. The summed E-state index contributed by atoms with van der Waals surface area (Å²) >= 11 is 0. The first-order valence-electron chi connectivity index (χ1n) is 12.3. The van der Waals surface area contributed by atoms with Crippen LogP contribution in [0.5, 0.6) is 0 Å². The second kappa shape index (κ2) is 10.0. The lowest BCUT2D eigenvalue weighted by molar-refractivity contribution is -0.0596. The van der Waals surface area contributed by atoms with Gasteiger partial charge in [-0.05, 0) is 86.7 Å². The van der Waals surface area contributed by atoms with E-state index in [9.17, 15) is 4.79 Å². The summed E-state index contributed by atoms with van der Waals surface area (Å²) in [5.74, 6) is 2.95. The topological polar surface area (TPSA) is 57.3 Å². The molecule has 0 saturated heterocycles. The van der Waals surface area contributed by atoms with E-state index in [4.69, 9.17) is 0 Å². The highest BCUT2D eigenvalue weighted by molar-refractivity contribution is 5.74. The molecule has 5 nitrogen and oxygen atoms in total. The van der Waals surface area contributed by atoms with E-state index in [0.29, 0.717) is 12.0 Å². The Labute approximate surface area is 182 Å². The largest absolute Gasteiger partial charge is 0.383 e. The fraction of sp³-hybridized carbons (Fsp3) is 0.760. The van der Waals surface area contributed by atoms with Crippen molar-refractivity contribution < 1.29 is 4.79 Å². The molecule has 2 N–H and O–H groups in total. The normalized spacial score (nSPS) is 29.0. The second-order valence-corrected chi connectivity index (χ2v) is 10.3. The molecule has 0 unspecified atom stereocenters. The lowest BCUT2D eigenvalue weighted by Crippen LogP contribution is -2.49. The van der Waals surface area contributed by atoms with Crippen LogP contribution in [0.3, 0.4) is 0 Å². The van der Waals surface area contributed by atoms with Gasteiger partial charge in [0.05, 0.1) is 0 Å². The smallest absolute Gasteiger partial charge is 0.317 e. The number of urea groups is 1.